The molecule has 0 fully saturated rings. The lowest BCUT2D eigenvalue weighted by Crippen LogP contribution is -2.35. The van der Waals surface area contributed by atoms with Gasteiger partial charge in [0, 0.05) is 32.1 Å². The van der Waals surface area contributed by atoms with E-state index in [0.29, 0.717) is 19.5 Å². The smallest absolute Gasteiger partial charge is 0.407 e. The molecular weight excluding hydrogens is 365 g/mol. The highest BCUT2D eigenvalue weighted by Gasteiger charge is 2.15. The van der Waals surface area contributed by atoms with E-state index in [1.807, 2.05) is 0 Å². The van der Waals surface area contributed by atoms with E-state index in [1.54, 1.807) is 39.0 Å². The fourth-order valence-electron chi connectivity index (χ4n) is 2.01. The molecule has 0 radical (unpaired) electrons. The van der Waals surface area contributed by atoms with Crippen LogP contribution in [0, 0.1) is 5.82 Å². The molecule has 0 aliphatic heterocycles. The van der Waals surface area contributed by atoms with Gasteiger partial charge in [0.15, 0.2) is 0 Å². The number of carbonyl (C=O) groups is 3. The van der Waals surface area contributed by atoms with Crippen molar-refractivity contribution in [3.63, 3.8) is 0 Å². The second-order valence-corrected chi connectivity index (χ2v) is 7.06. The lowest BCUT2D eigenvalue weighted by molar-refractivity contribution is -0.120. The number of rotatable bonds is 9. The van der Waals surface area contributed by atoms with Gasteiger partial charge < -0.3 is 20.7 Å². The summed E-state index contributed by atoms with van der Waals surface area (Å²) in [4.78, 5) is 34.8. The van der Waals surface area contributed by atoms with Crippen LogP contribution in [0.2, 0.25) is 0 Å². The zero-order valence-electron chi connectivity index (χ0n) is 16.5. The molecule has 3 N–H and O–H groups in total. The van der Waals surface area contributed by atoms with Crippen molar-refractivity contribution >= 4 is 24.0 Å². The lowest BCUT2D eigenvalue weighted by atomic mass is 10.2. The van der Waals surface area contributed by atoms with Crippen LogP contribution < -0.4 is 16.0 Å². The standard InChI is InChI=1S/C20H28FN3O4/c1-20(2,3)28-19(27)24-14-11-18(26)23-13-4-12-22-17(25)10-7-15-5-8-16(21)9-6-15/h5-10H,4,11-14H2,1-3H3,(H,22,25)(H,23,26)(H,24,27)/b10-7+. The average Bonchev–Trinajstić information content (AvgIpc) is 2.59. The zero-order chi connectivity index (χ0) is 21.0. The molecule has 0 heterocycles. The van der Waals surface area contributed by atoms with Gasteiger partial charge in [-0.1, -0.05) is 12.1 Å². The highest BCUT2D eigenvalue weighted by atomic mass is 19.1. The Hall–Kier alpha value is -2.90. The predicted octanol–water partition coefficient (Wildman–Crippen LogP) is 2.38. The first kappa shape index (κ1) is 23.1. The first-order valence-electron chi connectivity index (χ1n) is 9.11. The lowest BCUT2D eigenvalue weighted by Gasteiger charge is -2.19. The highest BCUT2D eigenvalue weighted by molar-refractivity contribution is 5.91. The minimum absolute atomic E-state index is 0.145. The molecule has 28 heavy (non-hydrogen) atoms. The van der Waals surface area contributed by atoms with E-state index in [-0.39, 0.29) is 30.6 Å². The minimum atomic E-state index is -0.578. The van der Waals surface area contributed by atoms with E-state index < -0.39 is 11.7 Å². The van der Waals surface area contributed by atoms with Crippen LogP contribution in [0.25, 0.3) is 6.08 Å². The van der Waals surface area contributed by atoms with Crippen LogP contribution >= 0.6 is 0 Å². The van der Waals surface area contributed by atoms with Gasteiger partial charge in [0.25, 0.3) is 0 Å². The van der Waals surface area contributed by atoms with Crippen molar-refractivity contribution in [3.05, 3.63) is 41.7 Å². The van der Waals surface area contributed by atoms with Gasteiger partial charge in [0.1, 0.15) is 11.4 Å². The molecule has 0 atom stereocenters. The summed E-state index contributed by atoms with van der Waals surface area (Å²) in [5.41, 5.74) is 0.147. The second kappa shape index (κ2) is 11.7. The molecule has 8 heteroatoms. The quantitative estimate of drug-likeness (QED) is 0.443. The van der Waals surface area contributed by atoms with E-state index in [4.69, 9.17) is 4.74 Å². The fraction of sp³-hybridized carbons (Fsp3) is 0.450. The van der Waals surface area contributed by atoms with Gasteiger partial charge in [-0.15, -0.1) is 0 Å². The predicted molar refractivity (Wildman–Crippen MR) is 105 cm³/mol. The van der Waals surface area contributed by atoms with E-state index in [1.165, 1.54) is 18.2 Å². The molecule has 0 aliphatic carbocycles. The van der Waals surface area contributed by atoms with Gasteiger partial charge in [0.05, 0.1) is 0 Å². The van der Waals surface area contributed by atoms with Gasteiger partial charge in [-0.25, -0.2) is 9.18 Å². The Kier molecular flexibility index (Phi) is 9.70. The van der Waals surface area contributed by atoms with Crippen molar-refractivity contribution in [1.82, 2.24) is 16.0 Å². The summed E-state index contributed by atoms with van der Waals surface area (Å²) in [6.07, 6.45) is 3.12. The number of alkyl carbamates (subject to hydrolysis) is 1. The Morgan fingerprint density at radius 1 is 1.00 bits per heavy atom. The summed E-state index contributed by atoms with van der Waals surface area (Å²) in [5, 5.41) is 7.91. The molecule has 0 aliphatic rings. The molecule has 154 valence electrons. The third kappa shape index (κ3) is 11.7. The number of carbonyl (C=O) groups excluding carboxylic acids is 3. The van der Waals surface area contributed by atoms with Gasteiger partial charge >= 0.3 is 6.09 Å². The third-order valence-corrected chi connectivity index (χ3v) is 3.29. The number of benzene rings is 1. The Labute approximate surface area is 164 Å². The van der Waals surface area contributed by atoms with Crippen molar-refractivity contribution in [2.45, 2.75) is 39.2 Å². The maximum absolute atomic E-state index is 12.8. The van der Waals surface area contributed by atoms with Crippen LogP contribution in [0.4, 0.5) is 9.18 Å². The van der Waals surface area contributed by atoms with Crippen LogP contribution in [0.5, 0.6) is 0 Å². The highest BCUT2D eigenvalue weighted by Crippen LogP contribution is 2.06. The van der Waals surface area contributed by atoms with E-state index >= 15 is 0 Å². The van der Waals surface area contributed by atoms with E-state index in [9.17, 15) is 18.8 Å². The molecule has 0 unspecified atom stereocenters. The van der Waals surface area contributed by atoms with E-state index in [2.05, 4.69) is 16.0 Å². The Morgan fingerprint density at radius 2 is 1.64 bits per heavy atom. The summed E-state index contributed by atoms with van der Waals surface area (Å²) < 4.78 is 17.9. The topological polar surface area (TPSA) is 96.5 Å². The normalized spacial score (nSPS) is 11.1. The molecule has 0 bridgehead atoms. The van der Waals surface area contributed by atoms with Crippen molar-refractivity contribution in [3.8, 4) is 0 Å². The van der Waals surface area contributed by atoms with Gasteiger partial charge in [-0.2, -0.15) is 0 Å². The summed E-state index contributed by atoms with van der Waals surface area (Å²) >= 11 is 0. The summed E-state index contributed by atoms with van der Waals surface area (Å²) in [6.45, 7) is 6.28. The van der Waals surface area contributed by atoms with Crippen molar-refractivity contribution in [2.75, 3.05) is 19.6 Å². The van der Waals surface area contributed by atoms with Crippen LogP contribution in [-0.4, -0.2) is 43.1 Å². The monoisotopic (exact) mass is 393 g/mol. The van der Waals surface area contributed by atoms with Gasteiger partial charge in [-0.3, -0.25) is 9.59 Å². The van der Waals surface area contributed by atoms with Crippen LogP contribution in [-0.2, 0) is 14.3 Å². The molecule has 0 aromatic heterocycles. The summed E-state index contributed by atoms with van der Waals surface area (Å²) in [7, 11) is 0. The van der Waals surface area contributed by atoms with Crippen LogP contribution in [0.15, 0.2) is 30.3 Å². The molecule has 7 nitrogen and oxygen atoms in total. The molecule has 1 aromatic rings. The number of hydrogen-bond acceptors (Lipinski definition) is 4. The molecule has 1 aromatic carbocycles. The summed E-state index contributed by atoms with van der Waals surface area (Å²) in [5.74, 6) is -0.792. The van der Waals surface area contributed by atoms with Crippen molar-refractivity contribution in [1.29, 1.82) is 0 Å². The van der Waals surface area contributed by atoms with Crippen molar-refractivity contribution in [2.24, 2.45) is 0 Å². The number of amides is 3. The minimum Gasteiger partial charge on any atom is -0.444 e. The molecule has 1 rings (SSSR count). The van der Waals surface area contributed by atoms with Crippen LogP contribution in [0.1, 0.15) is 39.2 Å². The molecule has 0 saturated heterocycles. The number of ether oxygens (including phenoxy) is 1. The molecule has 0 spiro atoms. The molecule has 3 amide bonds. The van der Waals surface area contributed by atoms with Crippen LogP contribution in [0.3, 0.4) is 0 Å². The summed E-state index contributed by atoms with van der Waals surface area (Å²) in [6, 6.07) is 5.80. The fourth-order valence-corrected chi connectivity index (χ4v) is 2.01. The zero-order valence-corrected chi connectivity index (χ0v) is 16.5. The first-order valence-corrected chi connectivity index (χ1v) is 9.11. The van der Waals surface area contributed by atoms with E-state index in [0.717, 1.165) is 5.56 Å². The number of halogens is 1. The largest absolute Gasteiger partial charge is 0.444 e. The third-order valence-electron chi connectivity index (χ3n) is 3.29. The first-order chi connectivity index (χ1) is 13.2. The Morgan fingerprint density at radius 3 is 2.29 bits per heavy atom. The average molecular weight is 393 g/mol. The SMILES string of the molecule is CC(C)(C)OC(=O)NCCC(=O)NCCCNC(=O)/C=C/c1ccc(F)cc1. The number of nitrogens with one attached hydrogen (secondary N) is 3. The second-order valence-electron chi connectivity index (χ2n) is 7.06. The molecule has 0 saturated carbocycles. The maximum Gasteiger partial charge on any atom is 0.407 e. The Balaban J connectivity index is 2.08. The van der Waals surface area contributed by atoms with Crippen molar-refractivity contribution < 1.29 is 23.5 Å². The van der Waals surface area contributed by atoms with Gasteiger partial charge in [0.2, 0.25) is 11.8 Å². The maximum atomic E-state index is 12.8. The molecular formula is C20H28FN3O4. The Bertz CT molecular complexity index is 682. The number of hydrogen-bond donors (Lipinski definition) is 3. The van der Waals surface area contributed by atoms with Gasteiger partial charge in [-0.05, 0) is 51.0 Å².